The molecule has 0 bridgehead atoms. The predicted molar refractivity (Wildman–Crippen MR) is 126 cm³/mol. The molecule has 0 amide bonds. The predicted octanol–water partition coefficient (Wildman–Crippen LogP) is 4.59. The molecular weight excluding hydrogens is 433 g/mol. The lowest BCUT2D eigenvalue weighted by Gasteiger charge is -2.41. The van der Waals surface area contributed by atoms with Crippen LogP contribution in [0.4, 0.5) is 10.1 Å². The summed E-state index contributed by atoms with van der Waals surface area (Å²) >= 11 is 0. The fourth-order valence-corrected chi connectivity index (χ4v) is 4.90. The van der Waals surface area contributed by atoms with Crippen LogP contribution in [-0.2, 0) is 6.54 Å². The second kappa shape index (κ2) is 8.16. The van der Waals surface area contributed by atoms with Gasteiger partial charge in [0.25, 0.3) is 0 Å². The number of aromatic nitrogens is 2. The Labute approximate surface area is 196 Å². The number of allylic oxidation sites excluding steroid dienone is 2. The number of aliphatic hydroxyl groups is 1. The molecule has 6 rings (SSSR count). The van der Waals surface area contributed by atoms with Crippen molar-refractivity contribution in [3.05, 3.63) is 119 Å². The molecule has 172 valence electrons. The van der Waals surface area contributed by atoms with E-state index in [4.69, 9.17) is 0 Å². The zero-order valence-electron chi connectivity index (χ0n) is 18.4. The molecule has 3 aromatic rings. The van der Waals surface area contributed by atoms with Gasteiger partial charge in [0.05, 0.1) is 23.2 Å². The van der Waals surface area contributed by atoms with Gasteiger partial charge in [-0.1, -0.05) is 24.3 Å². The van der Waals surface area contributed by atoms with E-state index in [1.807, 2.05) is 47.6 Å². The lowest BCUT2D eigenvalue weighted by atomic mass is 9.85. The van der Waals surface area contributed by atoms with E-state index >= 15 is 0 Å². The van der Waals surface area contributed by atoms with Crippen LogP contribution in [0.1, 0.15) is 24.8 Å². The zero-order valence-corrected chi connectivity index (χ0v) is 18.4. The van der Waals surface area contributed by atoms with E-state index in [0.717, 1.165) is 35.4 Å². The van der Waals surface area contributed by atoms with Crippen molar-refractivity contribution in [2.75, 3.05) is 5.01 Å². The molecule has 3 heterocycles. The fraction of sp³-hybridized carbons (Fsp3) is 0.192. The number of hydrogen-bond donors (Lipinski definition) is 1. The molecule has 0 fully saturated rings. The van der Waals surface area contributed by atoms with Crippen LogP contribution < -0.4 is 5.01 Å². The van der Waals surface area contributed by atoms with E-state index in [2.05, 4.69) is 5.10 Å². The largest absolute Gasteiger partial charge is 0.738 e. The molecule has 2 aromatic carbocycles. The molecule has 0 saturated carbocycles. The zero-order chi connectivity index (χ0) is 23.2. The van der Waals surface area contributed by atoms with Crippen LogP contribution in [0, 0.1) is 11.0 Å². The van der Waals surface area contributed by atoms with Crippen LogP contribution in [0.15, 0.2) is 102 Å². The van der Waals surface area contributed by atoms with Crippen LogP contribution in [0.3, 0.4) is 0 Å². The number of anilines is 1. The Hall–Kier alpha value is -3.88. The highest BCUT2D eigenvalue weighted by atomic mass is 19.1. The second-order valence-electron chi connectivity index (χ2n) is 8.64. The highest BCUT2D eigenvalue weighted by Crippen LogP contribution is 2.45. The first-order valence-corrected chi connectivity index (χ1v) is 11.3. The topological polar surface area (TPSA) is 70.8 Å². The van der Waals surface area contributed by atoms with Crippen LogP contribution in [0.5, 0.6) is 0 Å². The van der Waals surface area contributed by atoms with E-state index in [9.17, 15) is 14.7 Å². The second-order valence-corrected chi connectivity index (χ2v) is 8.64. The van der Waals surface area contributed by atoms with Gasteiger partial charge in [-0.05, 0) is 55.2 Å². The van der Waals surface area contributed by atoms with Gasteiger partial charge in [-0.15, -0.1) is 0 Å². The monoisotopic (exact) mass is 456 g/mol. The van der Waals surface area contributed by atoms with Gasteiger partial charge in [-0.2, -0.15) is 5.10 Å². The summed E-state index contributed by atoms with van der Waals surface area (Å²) in [7, 11) is 0. The normalized spacial score (nSPS) is 19.7. The average molecular weight is 457 g/mol. The summed E-state index contributed by atoms with van der Waals surface area (Å²) in [4.78, 5) is 2.04. The first-order chi connectivity index (χ1) is 16.6. The third-order valence-electron chi connectivity index (χ3n) is 6.54. The lowest BCUT2D eigenvalue weighted by Crippen LogP contribution is -2.34. The van der Waals surface area contributed by atoms with Crippen molar-refractivity contribution in [3.8, 4) is 5.69 Å². The van der Waals surface area contributed by atoms with Gasteiger partial charge in [0.15, 0.2) is 0 Å². The van der Waals surface area contributed by atoms with Crippen LogP contribution in [0.2, 0.25) is 0 Å². The average Bonchev–Trinajstić information content (AvgIpc) is 3.49. The number of benzene rings is 2. The Morgan fingerprint density at radius 1 is 1.06 bits per heavy atom. The van der Waals surface area contributed by atoms with Crippen molar-refractivity contribution in [2.24, 2.45) is 0 Å². The highest BCUT2D eigenvalue weighted by Gasteiger charge is 2.37. The molecule has 0 radical (unpaired) electrons. The van der Waals surface area contributed by atoms with E-state index in [0.29, 0.717) is 29.4 Å². The maximum Gasteiger partial charge on any atom is 0.148 e. The van der Waals surface area contributed by atoms with E-state index < -0.39 is 11.9 Å². The fourth-order valence-electron chi connectivity index (χ4n) is 4.90. The SMILES string of the molecule is [O-]N1C2=CN(Cc3ccc(-n4cccn4)cc3)C3=C(C2=CN1c1ccccc1F)C(O)CCC3. The molecule has 1 N–H and O–H groups in total. The summed E-state index contributed by atoms with van der Waals surface area (Å²) in [6.07, 6.45) is 8.72. The highest BCUT2D eigenvalue weighted by molar-refractivity contribution is 5.64. The summed E-state index contributed by atoms with van der Waals surface area (Å²) < 4.78 is 16.3. The van der Waals surface area contributed by atoms with Gasteiger partial charge in [0.2, 0.25) is 0 Å². The number of nitrogens with zero attached hydrogens (tertiary/aromatic N) is 5. The molecule has 1 aliphatic carbocycles. The summed E-state index contributed by atoms with van der Waals surface area (Å²) in [5, 5.41) is 30.4. The van der Waals surface area contributed by atoms with Gasteiger partial charge in [-0.3, -0.25) is 5.01 Å². The Bertz CT molecular complexity index is 1310. The van der Waals surface area contributed by atoms with Gasteiger partial charge in [0, 0.05) is 48.2 Å². The Morgan fingerprint density at radius 2 is 1.88 bits per heavy atom. The molecule has 1 atom stereocenters. The van der Waals surface area contributed by atoms with Crippen molar-refractivity contribution < 1.29 is 9.50 Å². The summed E-state index contributed by atoms with van der Waals surface area (Å²) in [6, 6.07) is 16.1. The molecule has 0 saturated heterocycles. The molecule has 0 spiro atoms. The quantitative estimate of drug-likeness (QED) is 0.620. The number of para-hydroxylation sites is 1. The van der Waals surface area contributed by atoms with E-state index in [-0.39, 0.29) is 5.69 Å². The molecule has 34 heavy (non-hydrogen) atoms. The van der Waals surface area contributed by atoms with Gasteiger partial charge in [-0.25, -0.2) is 9.07 Å². The number of fused-ring (bicyclic) bond motifs is 2. The number of hydrazine groups is 1. The molecule has 7 nitrogen and oxygen atoms in total. The summed E-state index contributed by atoms with van der Waals surface area (Å²) in [6.45, 7) is 0.551. The van der Waals surface area contributed by atoms with Crippen molar-refractivity contribution in [1.29, 1.82) is 0 Å². The first kappa shape index (κ1) is 20.7. The van der Waals surface area contributed by atoms with Crippen LogP contribution in [0.25, 0.3) is 5.69 Å². The van der Waals surface area contributed by atoms with Gasteiger partial charge < -0.3 is 20.4 Å². The van der Waals surface area contributed by atoms with Gasteiger partial charge in [0.1, 0.15) is 5.82 Å². The Balaban J connectivity index is 1.36. The third-order valence-corrected chi connectivity index (χ3v) is 6.54. The molecule has 3 aliphatic rings. The minimum Gasteiger partial charge on any atom is -0.738 e. The smallest absolute Gasteiger partial charge is 0.148 e. The third kappa shape index (κ3) is 3.39. The van der Waals surface area contributed by atoms with Gasteiger partial charge >= 0.3 is 0 Å². The van der Waals surface area contributed by atoms with Crippen molar-refractivity contribution >= 4 is 5.69 Å². The number of halogens is 1. The van der Waals surface area contributed by atoms with Crippen molar-refractivity contribution in [1.82, 2.24) is 19.9 Å². The lowest BCUT2D eigenvalue weighted by molar-refractivity contribution is 0.181. The maximum atomic E-state index is 14.5. The minimum atomic E-state index is -0.669. The molecule has 1 aromatic heterocycles. The number of hydrogen-bond acceptors (Lipinski definition) is 6. The van der Waals surface area contributed by atoms with Crippen LogP contribution >= 0.6 is 0 Å². The van der Waals surface area contributed by atoms with Crippen LogP contribution in [-0.4, -0.2) is 31.1 Å². The van der Waals surface area contributed by atoms with Crippen molar-refractivity contribution in [2.45, 2.75) is 31.9 Å². The summed E-state index contributed by atoms with van der Waals surface area (Å²) in [5.74, 6) is -0.480. The minimum absolute atomic E-state index is 0.175. The summed E-state index contributed by atoms with van der Waals surface area (Å²) in [5.41, 5.74) is 5.03. The molecule has 2 aliphatic heterocycles. The van der Waals surface area contributed by atoms with E-state index in [1.54, 1.807) is 35.3 Å². The van der Waals surface area contributed by atoms with E-state index in [1.165, 1.54) is 11.1 Å². The number of aliphatic hydroxyl groups excluding tert-OH is 1. The molecule has 1 unspecified atom stereocenters. The standard InChI is InChI=1S/C26H23FN5O2/c27-21-5-1-2-6-22(21)31-16-20-24(32(31)34)17-29(23-7-3-8-25(33)26(20)23)15-18-9-11-19(12-10-18)30-14-4-13-28-30/h1-2,4-6,9-14,16-17,25,33H,3,7-8,15H2/q-1. The first-order valence-electron chi connectivity index (χ1n) is 11.3. The Kier molecular flexibility index (Phi) is 4.97. The molecular formula is C26H23FN5O2-. The Morgan fingerprint density at radius 3 is 2.65 bits per heavy atom. The maximum absolute atomic E-state index is 14.5. The number of rotatable bonds is 4. The number of hydroxylamine groups is 1. The molecule has 8 heteroatoms. The van der Waals surface area contributed by atoms with Crippen molar-refractivity contribution in [3.63, 3.8) is 0 Å².